The van der Waals surface area contributed by atoms with Crippen molar-refractivity contribution >= 4 is 0 Å². The third-order valence-electron chi connectivity index (χ3n) is 0.207. The summed E-state index contributed by atoms with van der Waals surface area (Å²) in [6, 6.07) is -0.458. The number of rotatable bonds is 0. The predicted octanol–water partition coefficient (Wildman–Crippen LogP) is 0.785. The molecule has 0 saturated carbocycles. The van der Waals surface area contributed by atoms with Crippen LogP contribution in [0.5, 0.6) is 0 Å². The van der Waals surface area contributed by atoms with Crippen LogP contribution in [0.25, 0.3) is 0 Å². The Labute approximate surface area is 22.7 Å². The maximum Gasteiger partial charge on any atom is 0.313 e. The van der Waals surface area contributed by atoms with Crippen molar-refractivity contribution in [3.05, 3.63) is 12.3 Å². The van der Waals surface area contributed by atoms with Gasteiger partial charge in [-0.1, -0.05) is 0 Å². The molecule has 1 rings (SSSR count). The van der Waals surface area contributed by atoms with Crippen molar-refractivity contribution in [2.24, 2.45) is 0 Å². The van der Waals surface area contributed by atoms with Gasteiger partial charge in [-0.3, -0.25) is 0 Å². The summed E-state index contributed by atoms with van der Waals surface area (Å²) in [6.45, 7) is 0. The molecule has 0 fully saturated rings. The zero-order valence-corrected chi connectivity index (χ0v) is 1.86. The fourth-order valence-corrected chi connectivity index (χ4v) is 0.0223. The van der Waals surface area contributed by atoms with Crippen LogP contribution in [0.1, 0.15) is 0 Å². The van der Waals surface area contributed by atoms with Crippen LogP contribution in [-0.2, 0) is 4.74 Å². The number of hydrogen-bond donors (Lipinski definition) is 0. The molecule has 22 valence electrons. The first-order valence-electron chi connectivity index (χ1n) is 0.917. The summed E-state index contributed by atoms with van der Waals surface area (Å²) in [6.07, 6.45) is 1.04. The van der Waals surface area contributed by atoms with Crippen LogP contribution in [-0.4, -0.2) is 0 Å². The molecule has 0 bridgehead atoms. The largest absolute Gasteiger partial charge is 0.431 e. The molecule has 1 aliphatic heterocycles. The van der Waals surface area contributed by atoms with Crippen LogP contribution in [0, 0.1) is 0 Å². The van der Waals surface area contributed by atoms with E-state index in [9.17, 15) is 4.39 Å². The number of halogens is 1. The second kappa shape index (κ2) is 0.267. The summed E-state index contributed by atoms with van der Waals surface area (Å²) in [5.74, 6) is 0. The molecule has 0 N–H and O–H groups in total. The van der Waals surface area contributed by atoms with Crippen molar-refractivity contribution in [1.82, 2.24) is 0 Å². The van der Waals surface area contributed by atoms with Gasteiger partial charge in [-0.05, 0) is 0 Å². The van der Waals surface area contributed by atoms with E-state index in [-0.39, 0.29) is 0 Å². The van der Waals surface area contributed by atoms with Crippen LogP contribution in [0.15, 0.2) is 12.3 Å². The molecule has 0 atom stereocenters. The Balaban J connectivity index is 2.54. The lowest BCUT2D eigenvalue weighted by Crippen LogP contribution is -1.28. The Kier molecular flexibility index (Phi) is 0.117. The lowest BCUT2D eigenvalue weighted by atomic mass is 11.2. The molecular formula is C2HFO. The molecule has 4 heavy (non-hydrogen) atoms. The van der Waals surface area contributed by atoms with Crippen LogP contribution in [0.4, 0.5) is 4.39 Å². The second-order valence-electron chi connectivity index (χ2n) is 0.540. The number of ether oxygens (including phenoxy) is 1. The van der Waals surface area contributed by atoms with Crippen LogP contribution in [0.2, 0.25) is 0 Å². The van der Waals surface area contributed by atoms with Crippen molar-refractivity contribution < 1.29 is 9.13 Å². The fourth-order valence-electron chi connectivity index (χ4n) is 0.0223. The molecule has 0 unspecified atom stereocenters. The van der Waals surface area contributed by atoms with Gasteiger partial charge in [0, 0.05) is 0 Å². The van der Waals surface area contributed by atoms with Gasteiger partial charge in [0.1, 0.15) is 0 Å². The summed E-state index contributed by atoms with van der Waals surface area (Å²) < 4.78 is 14.6. The van der Waals surface area contributed by atoms with Crippen molar-refractivity contribution in [3.63, 3.8) is 0 Å². The zero-order valence-electron chi connectivity index (χ0n) is 1.86. The predicted molar refractivity (Wildman–Crippen MR) is 10.3 cm³/mol. The fraction of sp³-hybridized carbons (Fsp3) is 0. The van der Waals surface area contributed by atoms with E-state index in [1.807, 2.05) is 0 Å². The highest BCUT2D eigenvalue weighted by molar-refractivity contribution is 4.89. The van der Waals surface area contributed by atoms with E-state index >= 15 is 0 Å². The Morgan fingerprint density at radius 3 is 2.25 bits per heavy atom. The number of hydrogen-bond acceptors (Lipinski definition) is 1. The average Bonchev–Trinajstić information content (AvgIpc) is 1.75. The summed E-state index contributed by atoms with van der Waals surface area (Å²) in [5, 5.41) is 0. The highest BCUT2D eigenvalue weighted by Crippen LogP contribution is 2.11. The highest BCUT2D eigenvalue weighted by Gasteiger charge is 2.03. The van der Waals surface area contributed by atoms with Crippen LogP contribution >= 0.6 is 0 Å². The summed E-state index contributed by atoms with van der Waals surface area (Å²) >= 11 is 0. The molecule has 0 aliphatic carbocycles. The van der Waals surface area contributed by atoms with Gasteiger partial charge in [0.2, 0.25) is 0 Å². The molecule has 0 amide bonds. The van der Waals surface area contributed by atoms with Crippen LogP contribution < -0.4 is 0 Å². The lowest BCUT2D eigenvalue weighted by Gasteiger charge is -1.48. The maximum absolute atomic E-state index is 10.8. The van der Waals surface area contributed by atoms with Gasteiger partial charge in [0.05, 0.1) is 0 Å². The van der Waals surface area contributed by atoms with Crippen molar-refractivity contribution in [3.8, 4) is 0 Å². The smallest absolute Gasteiger partial charge is 0.313 e. The van der Waals surface area contributed by atoms with Crippen LogP contribution in [0.3, 0.4) is 0 Å². The molecule has 0 spiro atoms. The minimum absolute atomic E-state index is 0.458. The quantitative estimate of drug-likeness (QED) is 0.402. The van der Waals surface area contributed by atoms with Crippen molar-refractivity contribution in [2.75, 3.05) is 0 Å². The normalized spacial score (nSPS) is 17.8. The van der Waals surface area contributed by atoms with E-state index in [0.717, 1.165) is 6.26 Å². The molecule has 1 aliphatic rings. The van der Waals surface area contributed by atoms with Gasteiger partial charge in [0.15, 0.2) is 6.26 Å². The van der Waals surface area contributed by atoms with Gasteiger partial charge < -0.3 is 4.74 Å². The third-order valence-corrected chi connectivity index (χ3v) is 0.207. The minimum Gasteiger partial charge on any atom is -0.431 e. The molecule has 0 aromatic rings. The molecule has 2 heteroatoms. The summed E-state index contributed by atoms with van der Waals surface area (Å²) in [7, 11) is 0. The standard InChI is InChI=1S/C2HFO/c3-2-1-4-2/h1H. The molecule has 0 aromatic carbocycles. The minimum atomic E-state index is -0.458. The third kappa shape index (κ3) is 0.0532. The Morgan fingerprint density at radius 1 is 2.00 bits per heavy atom. The second-order valence-corrected chi connectivity index (χ2v) is 0.540. The Hall–Kier alpha value is -0.530. The van der Waals surface area contributed by atoms with Gasteiger partial charge in [0.25, 0.3) is 0 Å². The highest BCUT2D eigenvalue weighted by atomic mass is 19.1. The monoisotopic (exact) mass is 60.0 g/mol. The molecule has 1 nitrogen and oxygen atoms in total. The van der Waals surface area contributed by atoms with Gasteiger partial charge >= 0.3 is 6.01 Å². The first-order chi connectivity index (χ1) is 1.89. The summed E-state index contributed by atoms with van der Waals surface area (Å²) in [4.78, 5) is 0. The Morgan fingerprint density at radius 2 is 2.25 bits per heavy atom. The van der Waals surface area contributed by atoms with Crippen molar-refractivity contribution in [2.45, 2.75) is 0 Å². The average molecular weight is 60.0 g/mol. The Bertz CT molecular complexity index is 57.1. The SMILES string of the molecule is FC1=CO1. The zero-order chi connectivity index (χ0) is 2.99. The molecule has 0 saturated heterocycles. The maximum atomic E-state index is 10.8. The van der Waals surface area contributed by atoms with E-state index in [2.05, 4.69) is 4.74 Å². The van der Waals surface area contributed by atoms with E-state index in [1.165, 1.54) is 0 Å². The van der Waals surface area contributed by atoms with Gasteiger partial charge in [-0.25, -0.2) is 0 Å². The van der Waals surface area contributed by atoms with Gasteiger partial charge in [-0.2, -0.15) is 4.39 Å². The van der Waals surface area contributed by atoms with E-state index in [0.29, 0.717) is 0 Å². The van der Waals surface area contributed by atoms with E-state index in [1.54, 1.807) is 0 Å². The topological polar surface area (TPSA) is 12.5 Å². The first kappa shape index (κ1) is 1.76. The first-order valence-corrected chi connectivity index (χ1v) is 0.917. The van der Waals surface area contributed by atoms with E-state index in [4.69, 9.17) is 0 Å². The molecular weight excluding hydrogens is 59.0 g/mol. The molecule has 1 heterocycles. The lowest BCUT2D eigenvalue weighted by molar-refractivity contribution is 0.387. The molecule has 0 aromatic heterocycles. The molecule has 0 radical (unpaired) electrons. The summed E-state index contributed by atoms with van der Waals surface area (Å²) in [5.41, 5.74) is 0. The van der Waals surface area contributed by atoms with Crippen molar-refractivity contribution in [1.29, 1.82) is 0 Å². The van der Waals surface area contributed by atoms with Gasteiger partial charge in [-0.15, -0.1) is 0 Å². The van der Waals surface area contributed by atoms with E-state index < -0.39 is 6.01 Å².